The molecule has 0 radical (unpaired) electrons. The summed E-state index contributed by atoms with van der Waals surface area (Å²) in [5.74, 6) is 0.445. The number of benzene rings is 2. The Bertz CT molecular complexity index is 1080. The van der Waals surface area contributed by atoms with Crippen molar-refractivity contribution in [2.24, 2.45) is 0 Å². The smallest absolute Gasteiger partial charge is 0.264 e. The summed E-state index contributed by atoms with van der Waals surface area (Å²) >= 11 is 0. The van der Waals surface area contributed by atoms with Gasteiger partial charge in [0.1, 0.15) is 12.2 Å². The lowest BCUT2D eigenvalue weighted by Gasteiger charge is -2.19. The summed E-state index contributed by atoms with van der Waals surface area (Å²) in [5, 5.41) is 10.7. The van der Waals surface area contributed by atoms with Crippen LogP contribution < -0.4 is 9.62 Å². The van der Waals surface area contributed by atoms with Crippen molar-refractivity contribution >= 4 is 21.6 Å². The van der Waals surface area contributed by atoms with Gasteiger partial charge in [-0.3, -0.25) is 9.10 Å². The van der Waals surface area contributed by atoms with Gasteiger partial charge in [0.05, 0.1) is 10.6 Å². The predicted molar refractivity (Wildman–Crippen MR) is 110 cm³/mol. The van der Waals surface area contributed by atoms with E-state index in [1.807, 2.05) is 17.6 Å². The molecule has 0 bridgehead atoms. The fraction of sp³-hybridized carbons (Fsp3) is 0.250. The van der Waals surface area contributed by atoms with E-state index in [4.69, 9.17) is 0 Å². The molecule has 1 N–H and O–H groups in total. The molecule has 0 atom stereocenters. The summed E-state index contributed by atoms with van der Waals surface area (Å²) < 4.78 is 28.9. The van der Waals surface area contributed by atoms with Gasteiger partial charge >= 0.3 is 0 Å². The lowest BCUT2D eigenvalue weighted by atomic mass is 10.2. The van der Waals surface area contributed by atoms with Gasteiger partial charge in [0.15, 0.2) is 0 Å². The Hall–Kier alpha value is -3.20. The molecule has 3 rings (SSSR count). The number of aryl methyl sites for hydroxylation is 1. The van der Waals surface area contributed by atoms with Crippen molar-refractivity contribution in [3.63, 3.8) is 0 Å². The summed E-state index contributed by atoms with van der Waals surface area (Å²) in [5.41, 5.74) is 0.826. The van der Waals surface area contributed by atoms with Crippen molar-refractivity contribution in [1.82, 2.24) is 20.1 Å². The lowest BCUT2D eigenvalue weighted by Crippen LogP contribution is -2.28. The Balaban J connectivity index is 1.70. The van der Waals surface area contributed by atoms with Crippen LogP contribution in [0.15, 0.2) is 65.8 Å². The van der Waals surface area contributed by atoms with Gasteiger partial charge in [-0.25, -0.2) is 8.42 Å². The molecule has 29 heavy (non-hydrogen) atoms. The van der Waals surface area contributed by atoms with Crippen LogP contribution in [0, 0.1) is 0 Å². The Labute approximate surface area is 170 Å². The number of nitrogens with zero attached hydrogens (tertiary/aromatic N) is 4. The van der Waals surface area contributed by atoms with Crippen molar-refractivity contribution in [3.05, 3.63) is 72.3 Å². The van der Waals surface area contributed by atoms with Gasteiger partial charge in [-0.05, 0) is 37.3 Å². The van der Waals surface area contributed by atoms with E-state index in [-0.39, 0.29) is 16.4 Å². The molecule has 3 aromatic rings. The van der Waals surface area contributed by atoms with Gasteiger partial charge in [-0.1, -0.05) is 24.3 Å². The molecule has 1 heterocycles. The maximum absolute atomic E-state index is 12.9. The van der Waals surface area contributed by atoms with Crippen LogP contribution in [0.4, 0.5) is 5.69 Å². The highest BCUT2D eigenvalue weighted by atomic mass is 32.2. The molecule has 2 aromatic carbocycles. The zero-order valence-electron chi connectivity index (χ0n) is 16.3. The normalized spacial score (nSPS) is 11.2. The number of rotatable bonds is 8. The zero-order chi connectivity index (χ0) is 20.9. The predicted octanol–water partition coefficient (Wildman–Crippen LogP) is 2.10. The van der Waals surface area contributed by atoms with E-state index < -0.39 is 10.0 Å². The van der Waals surface area contributed by atoms with Crippen LogP contribution in [0.1, 0.15) is 23.1 Å². The highest BCUT2D eigenvalue weighted by Gasteiger charge is 2.22. The van der Waals surface area contributed by atoms with Gasteiger partial charge in [0.2, 0.25) is 0 Å². The molecule has 152 valence electrons. The highest BCUT2D eigenvalue weighted by Crippen LogP contribution is 2.22. The largest absolute Gasteiger partial charge is 0.352 e. The third kappa shape index (κ3) is 4.62. The number of sulfonamides is 1. The van der Waals surface area contributed by atoms with Gasteiger partial charge < -0.3 is 9.88 Å². The number of aromatic nitrogens is 3. The minimum absolute atomic E-state index is 0.0576. The van der Waals surface area contributed by atoms with Gasteiger partial charge in [-0.15, -0.1) is 10.2 Å². The number of para-hydroxylation sites is 1. The fourth-order valence-electron chi connectivity index (χ4n) is 2.86. The van der Waals surface area contributed by atoms with Gasteiger partial charge in [0.25, 0.3) is 15.9 Å². The molecule has 0 fully saturated rings. The quantitative estimate of drug-likeness (QED) is 0.610. The van der Waals surface area contributed by atoms with Crippen LogP contribution in [0.25, 0.3) is 0 Å². The van der Waals surface area contributed by atoms with Gasteiger partial charge in [-0.2, -0.15) is 0 Å². The molecule has 0 aliphatic heterocycles. The first kappa shape index (κ1) is 20.5. The van der Waals surface area contributed by atoms with Crippen LogP contribution in [0.2, 0.25) is 0 Å². The van der Waals surface area contributed by atoms with E-state index in [9.17, 15) is 13.2 Å². The topological polar surface area (TPSA) is 97.2 Å². The highest BCUT2D eigenvalue weighted by molar-refractivity contribution is 7.92. The molecule has 0 spiro atoms. The van der Waals surface area contributed by atoms with E-state index in [0.29, 0.717) is 18.7 Å². The summed E-state index contributed by atoms with van der Waals surface area (Å²) in [7, 11) is -2.29. The van der Waals surface area contributed by atoms with Crippen LogP contribution in [-0.4, -0.2) is 42.7 Å². The third-order valence-corrected chi connectivity index (χ3v) is 6.33. The van der Waals surface area contributed by atoms with E-state index in [0.717, 1.165) is 12.4 Å². The molecule has 0 unspecified atom stereocenters. The van der Waals surface area contributed by atoms with E-state index in [1.165, 1.54) is 23.5 Å². The Kier molecular flexibility index (Phi) is 6.28. The number of hydrogen-bond donors (Lipinski definition) is 1. The molecule has 0 saturated carbocycles. The number of amides is 1. The molecule has 8 nitrogen and oxygen atoms in total. The van der Waals surface area contributed by atoms with Crippen molar-refractivity contribution < 1.29 is 13.2 Å². The van der Waals surface area contributed by atoms with Crippen molar-refractivity contribution in [3.8, 4) is 0 Å². The lowest BCUT2D eigenvalue weighted by molar-refractivity contribution is 0.0953. The van der Waals surface area contributed by atoms with Crippen LogP contribution in [0.3, 0.4) is 0 Å². The first-order valence-corrected chi connectivity index (χ1v) is 10.7. The Morgan fingerprint density at radius 3 is 2.62 bits per heavy atom. The molecular formula is C20H23N5O3S. The average molecular weight is 414 g/mol. The molecular weight excluding hydrogens is 390 g/mol. The van der Waals surface area contributed by atoms with Crippen LogP contribution >= 0.6 is 0 Å². The number of carbonyl (C=O) groups excluding carboxylic acids is 1. The third-order valence-electron chi connectivity index (χ3n) is 4.55. The number of anilines is 1. The average Bonchev–Trinajstić information content (AvgIpc) is 3.21. The second-order valence-corrected chi connectivity index (χ2v) is 8.34. The molecule has 9 heteroatoms. The first-order valence-electron chi connectivity index (χ1n) is 9.22. The van der Waals surface area contributed by atoms with Crippen LogP contribution in [-0.2, 0) is 23.0 Å². The van der Waals surface area contributed by atoms with E-state index >= 15 is 0 Å². The number of nitrogens with one attached hydrogen (secondary N) is 1. The molecule has 1 amide bonds. The Morgan fingerprint density at radius 1 is 1.14 bits per heavy atom. The van der Waals surface area contributed by atoms with Crippen LogP contribution in [0.5, 0.6) is 0 Å². The minimum atomic E-state index is -3.78. The first-order chi connectivity index (χ1) is 13.9. The summed E-state index contributed by atoms with van der Waals surface area (Å²) in [6, 6.07) is 14.8. The SMILES string of the molecule is CCn1cnnc1CCNC(=O)c1cccc(S(=O)(=O)N(C)c2ccccc2)c1. The summed E-state index contributed by atoms with van der Waals surface area (Å²) in [4.78, 5) is 12.5. The monoisotopic (exact) mass is 413 g/mol. The van der Waals surface area contributed by atoms with E-state index in [2.05, 4.69) is 15.5 Å². The number of carbonyl (C=O) groups is 1. The molecule has 0 aliphatic carbocycles. The van der Waals surface area contributed by atoms with Crippen molar-refractivity contribution in [2.75, 3.05) is 17.9 Å². The number of hydrogen-bond acceptors (Lipinski definition) is 5. The second-order valence-electron chi connectivity index (χ2n) is 6.37. The van der Waals surface area contributed by atoms with Crippen molar-refractivity contribution in [1.29, 1.82) is 0 Å². The minimum Gasteiger partial charge on any atom is -0.352 e. The zero-order valence-corrected chi connectivity index (χ0v) is 17.1. The molecule has 1 aromatic heterocycles. The molecule has 0 saturated heterocycles. The standard InChI is InChI=1S/C20H23N5O3S/c1-3-25-15-22-23-19(25)12-13-21-20(26)16-8-7-11-18(14-16)29(27,28)24(2)17-9-5-4-6-10-17/h4-11,14-15H,3,12-13H2,1-2H3,(H,21,26). The summed E-state index contributed by atoms with van der Waals surface area (Å²) in [6.07, 6.45) is 2.18. The van der Waals surface area contributed by atoms with Crippen molar-refractivity contribution in [2.45, 2.75) is 24.8 Å². The summed E-state index contributed by atoms with van der Waals surface area (Å²) in [6.45, 7) is 3.12. The fourth-order valence-corrected chi connectivity index (χ4v) is 4.10. The Morgan fingerprint density at radius 2 is 1.90 bits per heavy atom. The molecule has 0 aliphatic rings. The maximum Gasteiger partial charge on any atom is 0.264 e. The van der Waals surface area contributed by atoms with Gasteiger partial charge in [0, 0.05) is 32.1 Å². The second kappa shape index (κ2) is 8.87. The van der Waals surface area contributed by atoms with E-state index in [1.54, 1.807) is 42.7 Å². The maximum atomic E-state index is 12.9.